The van der Waals surface area contributed by atoms with E-state index in [0.29, 0.717) is 16.3 Å². The van der Waals surface area contributed by atoms with Gasteiger partial charge < -0.3 is 29.1 Å². The van der Waals surface area contributed by atoms with Gasteiger partial charge in [-0.15, -0.1) is 11.3 Å². The van der Waals surface area contributed by atoms with E-state index in [9.17, 15) is 31.8 Å². The van der Waals surface area contributed by atoms with Gasteiger partial charge in [0, 0.05) is 5.38 Å². The minimum Gasteiger partial charge on any atom is -0.457 e. The number of nitrogens with zero attached hydrogens (tertiary/aromatic N) is 3. The lowest BCUT2D eigenvalue weighted by Crippen LogP contribution is -2.74. The number of oxime groups is 1. The molecule has 3 unspecified atom stereocenters. The molecule has 6 aromatic carbocycles. The van der Waals surface area contributed by atoms with E-state index in [1.807, 2.05) is 91.0 Å². The number of β-lactam (4-membered cyclic amide) rings is 1. The highest BCUT2D eigenvalue weighted by atomic mass is 32.2. The molecule has 1 fully saturated rings. The van der Waals surface area contributed by atoms with E-state index in [1.54, 1.807) is 106 Å². The summed E-state index contributed by atoms with van der Waals surface area (Å²) < 4.78 is 58.1. The first kappa shape index (κ1) is 56.2. The summed E-state index contributed by atoms with van der Waals surface area (Å²) in [5.74, 6) is -4.06. The van der Waals surface area contributed by atoms with Crippen molar-refractivity contribution in [2.24, 2.45) is 5.16 Å². The fourth-order valence-corrected chi connectivity index (χ4v) is 12.2. The van der Waals surface area contributed by atoms with E-state index < -0.39 is 90.4 Å². The lowest BCUT2D eigenvalue weighted by Gasteiger charge is -2.49. The molecule has 3 heterocycles. The number of nitrogens with one attached hydrogen (secondary N) is 2. The summed E-state index contributed by atoms with van der Waals surface area (Å²) in [5.41, 5.74) is 0.115. The van der Waals surface area contributed by atoms with Gasteiger partial charge in [-0.25, -0.2) is 14.6 Å². The van der Waals surface area contributed by atoms with Crippen molar-refractivity contribution < 1.29 is 50.3 Å². The van der Waals surface area contributed by atoms with Crippen molar-refractivity contribution in [3.8, 4) is 0 Å². The zero-order valence-electron chi connectivity index (χ0n) is 44.5. The van der Waals surface area contributed by atoms with Crippen molar-refractivity contribution in [2.75, 3.05) is 11.1 Å². The topological polar surface area (TPSA) is 209 Å². The van der Waals surface area contributed by atoms with Crippen LogP contribution in [0.5, 0.6) is 0 Å². The van der Waals surface area contributed by atoms with E-state index in [4.69, 9.17) is 23.5 Å². The monoisotopic (exact) mass is 1130 g/mol. The van der Waals surface area contributed by atoms with Gasteiger partial charge in [-0.05, 0) is 93.1 Å². The Balaban J connectivity index is 1.07. The molecule has 1 saturated heterocycles. The lowest BCUT2D eigenvalue weighted by molar-refractivity contribution is -0.179. The van der Waals surface area contributed by atoms with Crippen LogP contribution >= 0.6 is 11.3 Å². The molecule has 3 atom stereocenters. The molecule has 80 heavy (non-hydrogen) atoms. The summed E-state index contributed by atoms with van der Waals surface area (Å²) >= 11 is 1.16. The Morgan fingerprint density at radius 1 is 0.762 bits per heavy atom. The Morgan fingerprint density at radius 2 is 1.27 bits per heavy atom. The fraction of sp³-hybridized carbons (Fsp3) is 0.213. The van der Waals surface area contributed by atoms with E-state index in [2.05, 4.69) is 15.8 Å². The van der Waals surface area contributed by atoms with E-state index in [1.165, 1.54) is 26.0 Å². The van der Waals surface area contributed by atoms with Crippen molar-refractivity contribution in [2.45, 2.75) is 80.7 Å². The molecule has 0 saturated carbocycles. The second kappa shape index (κ2) is 23.4. The van der Waals surface area contributed by atoms with Crippen LogP contribution < -0.4 is 10.6 Å². The first-order valence-corrected chi connectivity index (χ1v) is 29.0. The number of esters is 2. The number of ether oxygens (including phenoxy) is 2. The molecule has 2 aliphatic rings. The van der Waals surface area contributed by atoms with Gasteiger partial charge in [-0.1, -0.05) is 175 Å². The first-order valence-electron chi connectivity index (χ1n) is 25.4. The minimum atomic E-state index is -4.35. The summed E-state index contributed by atoms with van der Waals surface area (Å²) in [6, 6.07) is 51.6. The second-order valence-corrected chi connectivity index (χ2v) is 24.2. The van der Waals surface area contributed by atoms with Crippen LogP contribution in [0.1, 0.15) is 79.8 Å². The van der Waals surface area contributed by atoms with Crippen molar-refractivity contribution in [1.82, 2.24) is 15.2 Å². The molecule has 16 nitrogen and oxygen atoms in total. The van der Waals surface area contributed by atoms with Gasteiger partial charge in [0.15, 0.2) is 16.9 Å². The predicted molar refractivity (Wildman–Crippen MR) is 304 cm³/mol. The molecule has 2 N–H and O–H groups in total. The number of aromatic nitrogens is 1. The zero-order valence-corrected chi connectivity index (χ0v) is 46.9. The molecular weight excluding hydrogens is 1070 g/mol. The highest BCUT2D eigenvalue weighted by Crippen LogP contribution is 2.42. The average molecular weight is 1130 g/mol. The number of hydrogen-bond acceptors (Lipinski definition) is 15. The maximum Gasteiger partial charge on any atom is 0.356 e. The third-order valence-corrected chi connectivity index (χ3v) is 16.5. The zero-order chi connectivity index (χ0) is 56.8. The summed E-state index contributed by atoms with van der Waals surface area (Å²) in [5, 5.41) is 11.2. The number of allylic oxidation sites excluding steroid dienone is 1. The summed E-state index contributed by atoms with van der Waals surface area (Å²) in [6.07, 6.45) is 1.01. The van der Waals surface area contributed by atoms with Crippen LogP contribution in [0.25, 0.3) is 0 Å². The van der Waals surface area contributed by atoms with Gasteiger partial charge in [-0.3, -0.25) is 18.7 Å². The molecule has 7 aromatic rings. The van der Waals surface area contributed by atoms with Crippen molar-refractivity contribution in [3.05, 3.63) is 244 Å². The normalized spacial score (nSPS) is 16.8. The Kier molecular flexibility index (Phi) is 16.5. The van der Waals surface area contributed by atoms with E-state index in [-0.39, 0.29) is 21.9 Å². The molecule has 2 aliphatic heterocycles. The second-order valence-electron chi connectivity index (χ2n) is 20.3. The molecule has 0 radical (unpaired) electrons. The molecule has 0 bridgehead atoms. The number of rotatable bonds is 19. The fourth-order valence-electron chi connectivity index (χ4n) is 9.01. The first-order chi connectivity index (χ1) is 38.3. The van der Waals surface area contributed by atoms with Crippen molar-refractivity contribution in [1.29, 1.82) is 0 Å². The summed E-state index contributed by atoms with van der Waals surface area (Å²) in [6.45, 7) is 9.71. The van der Waals surface area contributed by atoms with Crippen LogP contribution in [0.3, 0.4) is 0 Å². The Labute approximate surface area is 470 Å². The highest BCUT2D eigenvalue weighted by Gasteiger charge is 2.58. The average Bonchev–Trinajstić information content (AvgIpc) is 4.02. The van der Waals surface area contributed by atoms with Crippen molar-refractivity contribution in [3.63, 3.8) is 0 Å². The molecule has 9 rings (SSSR count). The van der Waals surface area contributed by atoms with Gasteiger partial charge in [0.05, 0.1) is 16.6 Å². The predicted octanol–water partition coefficient (Wildman–Crippen LogP) is 9.62. The van der Waals surface area contributed by atoms with Gasteiger partial charge in [-0.2, -0.15) is 8.42 Å². The highest BCUT2D eigenvalue weighted by molar-refractivity contribution is 7.87. The lowest BCUT2D eigenvalue weighted by atomic mass is 9.77. The number of carbonyl (C=O) groups excluding carboxylic acids is 4. The molecule has 410 valence electrons. The van der Waals surface area contributed by atoms with Gasteiger partial charge >= 0.3 is 22.1 Å². The third kappa shape index (κ3) is 12.2. The standard InChI is InChI=1S/C61H57N5O11S3/c1-40-32-34-47(35-33-40)80(72,73)74-37-36-43-39-79(71)55-50(54(68)66(55)51(43)56(69)75-52(41-22-12-7-13-23-41)42-24-14-8-15-25-42)63-53(67)49(65-77-60(5,6)57(70)76-59(2,3)4)48-38-78-58(62-48)64-61(44-26-16-9-17-27-44,45-28-18-10-19-29-45)46-30-20-11-21-31-46/h7-38,50,52,55H,39H2,1-6H3,(H,62,64)(H,63,67)/b37-36+,65-49+. The van der Waals surface area contributed by atoms with Crippen LogP contribution in [0.2, 0.25) is 0 Å². The van der Waals surface area contributed by atoms with Crippen LogP contribution in [0.15, 0.2) is 215 Å². The molecule has 0 spiro atoms. The van der Waals surface area contributed by atoms with Crippen LogP contribution in [-0.2, 0) is 64.1 Å². The quantitative estimate of drug-likeness (QED) is 0.0147. The summed E-state index contributed by atoms with van der Waals surface area (Å²) in [4.78, 5) is 69.5. The minimum absolute atomic E-state index is 0.0171. The van der Waals surface area contributed by atoms with Gasteiger partial charge in [0.1, 0.15) is 45.1 Å². The molecule has 2 amide bonds. The van der Waals surface area contributed by atoms with Crippen molar-refractivity contribution >= 4 is 66.9 Å². The molecule has 0 aliphatic carbocycles. The van der Waals surface area contributed by atoms with Crippen LogP contribution in [0.4, 0.5) is 5.13 Å². The maximum absolute atomic E-state index is 14.9. The SMILES string of the molecule is Cc1ccc(S(=O)(=O)O/C=C/C2=C(C(=O)OC(c3ccccc3)c3ccccc3)N3C(=O)C(NC(=O)/C(=N/OC(C)(C)C(=O)OC(C)(C)C)c4csc(NC(c5ccccc5)(c5ccccc5)c5ccccc5)n4)C3S(=O)C2)cc1. The Bertz CT molecular complexity index is 3490. The van der Waals surface area contributed by atoms with Gasteiger partial charge in [0.25, 0.3) is 11.8 Å². The number of aryl methyl sites for hydroxylation is 1. The number of amides is 2. The number of thiazole rings is 1. The number of fused-ring (bicyclic) bond motifs is 1. The third-order valence-electron chi connectivity index (χ3n) is 13.0. The van der Waals surface area contributed by atoms with E-state index >= 15 is 0 Å². The molecular formula is C61H57N5O11S3. The Morgan fingerprint density at radius 3 is 1.79 bits per heavy atom. The number of benzene rings is 6. The number of hydrogen-bond donors (Lipinski definition) is 2. The summed E-state index contributed by atoms with van der Waals surface area (Å²) in [7, 11) is -6.40. The van der Waals surface area contributed by atoms with E-state index in [0.717, 1.165) is 50.8 Å². The Hall–Kier alpha value is -8.52. The smallest absolute Gasteiger partial charge is 0.356 e. The van der Waals surface area contributed by atoms with Crippen LogP contribution in [-0.4, -0.2) is 80.3 Å². The van der Waals surface area contributed by atoms with Crippen LogP contribution in [0, 0.1) is 6.92 Å². The largest absolute Gasteiger partial charge is 0.457 e. The maximum atomic E-state index is 14.9. The molecule has 19 heteroatoms. The number of carbonyl (C=O) groups is 4. The molecule has 1 aromatic heterocycles. The van der Waals surface area contributed by atoms with Gasteiger partial charge in [0.2, 0.25) is 5.60 Å². The number of anilines is 1.